The van der Waals surface area contributed by atoms with Gasteiger partial charge in [0.1, 0.15) is 5.60 Å². The first kappa shape index (κ1) is 30.3. The zero-order chi connectivity index (χ0) is 26.3. The third kappa shape index (κ3) is 9.88. The molecule has 194 valence electrons. The first-order valence-corrected chi connectivity index (χ1v) is 15.2. The van der Waals surface area contributed by atoms with E-state index in [1.807, 2.05) is 33.9 Å². The number of unbranched alkanes of at least 4 members (excludes halogenated alkanes) is 2. The van der Waals surface area contributed by atoms with E-state index in [1.165, 1.54) is 16.7 Å². The molecule has 0 aromatic heterocycles. The second kappa shape index (κ2) is 12.3. The van der Waals surface area contributed by atoms with Gasteiger partial charge in [0.25, 0.3) is 0 Å². The van der Waals surface area contributed by atoms with Gasteiger partial charge in [-0.1, -0.05) is 45.4 Å². The third-order valence-corrected chi connectivity index (χ3v) is 10.8. The van der Waals surface area contributed by atoms with E-state index in [0.29, 0.717) is 6.42 Å². The first-order chi connectivity index (χ1) is 15.4. The summed E-state index contributed by atoms with van der Waals surface area (Å²) in [4.78, 5) is 25.1. The summed E-state index contributed by atoms with van der Waals surface area (Å²) >= 11 is 0. The molecule has 7 heteroatoms. The van der Waals surface area contributed by atoms with Gasteiger partial charge in [-0.05, 0) is 88.7 Å². The van der Waals surface area contributed by atoms with Gasteiger partial charge in [-0.25, -0.2) is 9.59 Å². The summed E-state index contributed by atoms with van der Waals surface area (Å²) in [6.45, 7) is 19.8. The van der Waals surface area contributed by atoms with Crippen LogP contribution in [0.1, 0.15) is 77.5 Å². The van der Waals surface area contributed by atoms with Gasteiger partial charge in [0.05, 0.1) is 0 Å². The molecule has 1 aromatic carbocycles. The van der Waals surface area contributed by atoms with Crippen LogP contribution in [0.15, 0.2) is 18.2 Å². The van der Waals surface area contributed by atoms with Gasteiger partial charge >= 0.3 is 11.9 Å². The number of rotatable bonds is 12. The molecule has 1 rings (SSSR count). The Bertz CT molecular complexity index is 819. The fourth-order valence-electron chi connectivity index (χ4n) is 3.15. The van der Waals surface area contributed by atoms with Crippen molar-refractivity contribution < 1.29 is 28.6 Å². The van der Waals surface area contributed by atoms with Crippen LogP contribution in [0.5, 0.6) is 0 Å². The fraction of sp³-hybridized carbons (Fsp3) is 0.704. The highest BCUT2D eigenvalue weighted by Gasteiger charge is 2.46. The van der Waals surface area contributed by atoms with Crippen LogP contribution in [0.25, 0.3) is 0 Å². The number of aryl methyl sites for hydroxylation is 3. The van der Waals surface area contributed by atoms with E-state index >= 15 is 0 Å². The highest BCUT2D eigenvalue weighted by atomic mass is 28.4. The molecular formula is C27H46O6Si. The maximum absolute atomic E-state index is 13.0. The molecule has 0 spiro atoms. The third-order valence-electron chi connectivity index (χ3n) is 6.36. The number of aliphatic carboxylic acids is 1. The van der Waals surface area contributed by atoms with Crippen LogP contribution >= 0.6 is 0 Å². The molecule has 0 saturated heterocycles. The number of hydrogen-bond donors (Lipinski definition) is 1. The van der Waals surface area contributed by atoms with E-state index in [1.54, 1.807) is 20.8 Å². The largest absolute Gasteiger partial charge is 0.479 e. The second-order valence-corrected chi connectivity index (χ2v) is 16.4. The molecule has 0 heterocycles. The molecule has 0 aliphatic heterocycles. The number of ether oxygens (including phenoxy) is 2. The van der Waals surface area contributed by atoms with Crippen LogP contribution in [0, 0.1) is 13.8 Å². The van der Waals surface area contributed by atoms with E-state index in [9.17, 15) is 14.7 Å². The summed E-state index contributed by atoms with van der Waals surface area (Å²) in [6, 6.07) is 6.52. The van der Waals surface area contributed by atoms with Crippen molar-refractivity contribution in [2.45, 2.75) is 117 Å². The number of esters is 1. The minimum atomic E-state index is -2.47. The minimum absolute atomic E-state index is 0.204. The van der Waals surface area contributed by atoms with Crippen molar-refractivity contribution in [2.24, 2.45) is 0 Å². The number of benzene rings is 1. The van der Waals surface area contributed by atoms with Crippen molar-refractivity contribution in [3.63, 3.8) is 0 Å². The number of hydrogen-bond acceptors (Lipinski definition) is 5. The van der Waals surface area contributed by atoms with E-state index in [4.69, 9.17) is 13.9 Å². The minimum Gasteiger partial charge on any atom is -0.479 e. The molecule has 6 nitrogen and oxygen atoms in total. The standard InChI is InChI=1S/C27H46O6Si/c1-19-15-16-21(18-20(19)2)14-12-11-13-17-31-22(24(28)29)23(25(30)32-26(3,4)5)33-34(9,10)27(6,7)8/h15-16,18,22-23H,11-14,17H2,1-10H3,(H,28,29)/t22-,23-/m1/s1. The Morgan fingerprint density at radius 1 is 0.941 bits per heavy atom. The van der Waals surface area contributed by atoms with E-state index < -0.39 is 38.1 Å². The lowest BCUT2D eigenvalue weighted by atomic mass is 10.0. The van der Waals surface area contributed by atoms with Gasteiger partial charge in [-0.15, -0.1) is 0 Å². The zero-order valence-corrected chi connectivity index (χ0v) is 23.9. The Labute approximate surface area is 207 Å². The van der Waals surface area contributed by atoms with E-state index in [0.717, 1.165) is 19.3 Å². The summed E-state index contributed by atoms with van der Waals surface area (Å²) in [6.07, 6.45) is 0.838. The molecule has 2 atom stereocenters. The summed E-state index contributed by atoms with van der Waals surface area (Å²) in [5.74, 6) is -1.91. The summed E-state index contributed by atoms with van der Waals surface area (Å²) in [5.41, 5.74) is 3.13. The van der Waals surface area contributed by atoms with Gasteiger partial charge in [-0.2, -0.15) is 0 Å². The average molecular weight is 495 g/mol. The first-order valence-electron chi connectivity index (χ1n) is 12.3. The lowest BCUT2D eigenvalue weighted by Crippen LogP contribution is -2.54. The quantitative estimate of drug-likeness (QED) is 0.211. The second-order valence-electron chi connectivity index (χ2n) is 11.7. The molecule has 0 unspecified atom stereocenters. The van der Waals surface area contributed by atoms with Crippen molar-refractivity contribution >= 4 is 20.3 Å². The van der Waals surface area contributed by atoms with Gasteiger partial charge < -0.3 is 19.0 Å². The zero-order valence-electron chi connectivity index (χ0n) is 22.9. The Hall–Kier alpha value is -1.70. The van der Waals surface area contributed by atoms with Crippen molar-refractivity contribution in [1.82, 2.24) is 0 Å². The maximum atomic E-state index is 13.0. The van der Waals surface area contributed by atoms with Crippen LogP contribution in [-0.2, 0) is 29.9 Å². The molecule has 0 aliphatic carbocycles. The number of carboxylic acids is 1. The lowest BCUT2D eigenvalue weighted by Gasteiger charge is -2.40. The molecule has 0 saturated carbocycles. The van der Waals surface area contributed by atoms with Gasteiger partial charge in [-0.3, -0.25) is 0 Å². The molecule has 1 N–H and O–H groups in total. The number of carbonyl (C=O) groups is 2. The van der Waals surface area contributed by atoms with Crippen LogP contribution in [0.2, 0.25) is 18.1 Å². The summed E-state index contributed by atoms with van der Waals surface area (Å²) in [7, 11) is -2.47. The van der Waals surface area contributed by atoms with Crippen LogP contribution in [0.3, 0.4) is 0 Å². The molecule has 0 aliphatic rings. The molecule has 34 heavy (non-hydrogen) atoms. The Morgan fingerprint density at radius 2 is 1.56 bits per heavy atom. The van der Waals surface area contributed by atoms with Crippen LogP contribution in [-0.4, -0.2) is 49.8 Å². The predicted molar refractivity (Wildman–Crippen MR) is 139 cm³/mol. The average Bonchev–Trinajstić information content (AvgIpc) is 2.66. The molecule has 0 amide bonds. The summed E-state index contributed by atoms with van der Waals surface area (Å²) in [5, 5.41) is 9.69. The summed E-state index contributed by atoms with van der Waals surface area (Å²) < 4.78 is 17.5. The predicted octanol–water partition coefficient (Wildman–Crippen LogP) is 6.22. The number of carboxylic acid groups (broad SMARTS) is 1. The van der Waals surface area contributed by atoms with Gasteiger partial charge in [0, 0.05) is 6.61 Å². The van der Waals surface area contributed by atoms with Crippen molar-refractivity contribution in [3.05, 3.63) is 34.9 Å². The van der Waals surface area contributed by atoms with Crippen molar-refractivity contribution in [1.29, 1.82) is 0 Å². The molecule has 0 fully saturated rings. The maximum Gasteiger partial charge on any atom is 0.337 e. The lowest BCUT2D eigenvalue weighted by molar-refractivity contribution is -0.180. The van der Waals surface area contributed by atoms with E-state index in [2.05, 4.69) is 32.0 Å². The monoisotopic (exact) mass is 494 g/mol. The molecule has 1 aromatic rings. The highest BCUT2D eigenvalue weighted by molar-refractivity contribution is 6.74. The molecular weight excluding hydrogens is 448 g/mol. The molecule has 0 bridgehead atoms. The van der Waals surface area contributed by atoms with Crippen molar-refractivity contribution in [2.75, 3.05) is 6.61 Å². The van der Waals surface area contributed by atoms with Gasteiger partial charge in [0.15, 0.2) is 20.5 Å². The van der Waals surface area contributed by atoms with Crippen molar-refractivity contribution in [3.8, 4) is 0 Å². The Kier molecular flexibility index (Phi) is 11.0. The smallest absolute Gasteiger partial charge is 0.337 e. The highest BCUT2D eigenvalue weighted by Crippen LogP contribution is 2.38. The van der Waals surface area contributed by atoms with Crippen LogP contribution in [0.4, 0.5) is 0 Å². The Balaban J connectivity index is 2.79. The SMILES string of the molecule is Cc1ccc(CCCCCO[C@@H](C(=O)O)[C@@H](O[Si](C)(C)C(C)(C)C)C(=O)OC(C)(C)C)cc1C. The van der Waals surface area contributed by atoms with E-state index in [-0.39, 0.29) is 11.6 Å². The topological polar surface area (TPSA) is 82.1 Å². The van der Waals surface area contributed by atoms with Crippen LogP contribution < -0.4 is 0 Å². The van der Waals surface area contributed by atoms with Gasteiger partial charge in [0.2, 0.25) is 0 Å². The molecule has 0 radical (unpaired) electrons. The Morgan fingerprint density at radius 3 is 2.06 bits per heavy atom. The normalized spacial score (nSPS) is 14.5. The number of carbonyl (C=O) groups excluding carboxylic acids is 1. The fourth-order valence-corrected chi connectivity index (χ4v) is 4.36.